The third kappa shape index (κ3) is 3.22. The first-order valence-electron chi connectivity index (χ1n) is 8.64. The van der Waals surface area contributed by atoms with Crippen molar-refractivity contribution in [2.24, 2.45) is 0 Å². The van der Waals surface area contributed by atoms with Gasteiger partial charge in [0.05, 0.1) is 0 Å². The summed E-state index contributed by atoms with van der Waals surface area (Å²) in [6.45, 7) is 0. The van der Waals surface area contributed by atoms with Crippen LogP contribution in [-0.4, -0.2) is 0 Å². The molecule has 0 nitrogen and oxygen atoms in total. The SMILES string of the molecule is [C-]1=C(C2c3ccccc3-c3ccccc32)C=CC1=C1CCCC1.[CH3-].[CH3-].[Ti+3]. The maximum atomic E-state index is 3.74. The Morgan fingerprint density at radius 3 is 1.85 bits per heavy atom. The van der Waals surface area contributed by atoms with Gasteiger partial charge in [0.1, 0.15) is 0 Å². The molecule has 129 valence electrons. The molecule has 1 radical (unpaired) electrons. The summed E-state index contributed by atoms with van der Waals surface area (Å²) < 4.78 is 0. The molecule has 0 spiro atoms. The third-order valence-corrected chi connectivity index (χ3v) is 5.44. The summed E-state index contributed by atoms with van der Waals surface area (Å²) in [5.41, 5.74) is 9.93. The van der Waals surface area contributed by atoms with E-state index in [1.165, 1.54) is 59.1 Å². The molecule has 26 heavy (non-hydrogen) atoms. The van der Waals surface area contributed by atoms with Crippen molar-refractivity contribution in [2.75, 3.05) is 0 Å². The summed E-state index contributed by atoms with van der Waals surface area (Å²) in [4.78, 5) is 0. The van der Waals surface area contributed by atoms with Gasteiger partial charge in [-0.05, 0) is 22.3 Å². The topological polar surface area (TPSA) is 0 Å². The number of rotatable bonds is 1. The maximum absolute atomic E-state index is 3.74. The molecule has 5 rings (SSSR count). The molecule has 0 aliphatic heterocycles. The van der Waals surface area contributed by atoms with Crippen LogP contribution in [-0.2, 0) is 21.7 Å². The Bertz CT molecular complexity index is 829. The largest absolute Gasteiger partial charge is 3.00 e. The molecule has 0 aromatic heterocycles. The molecule has 0 unspecified atom stereocenters. The van der Waals surface area contributed by atoms with Crippen LogP contribution in [0.4, 0.5) is 0 Å². The molecular weight excluding hydrogens is 348 g/mol. The second-order valence-electron chi connectivity index (χ2n) is 6.75. The molecule has 1 fully saturated rings. The Labute approximate surface area is 173 Å². The molecule has 0 bridgehead atoms. The van der Waals surface area contributed by atoms with Crippen LogP contribution in [0.1, 0.15) is 42.7 Å². The van der Waals surface area contributed by atoms with Gasteiger partial charge >= 0.3 is 21.7 Å². The van der Waals surface area contributed by atoms with E-state index in [0.717, 1.165) is 0 Å². The van der Waals surface area contributed by atoms with Crippen LogP contribution in [0.5, 0.6) is 0 Å². The molecule has 2 aromatic carbocycles. The number of fused-ring (bicyclic) bond motifs is 3. The molecule has 0 atom stereocenters. The van der Waals surface area contributed by atoms with Gasteiger partial charge in [-0.3, -0.25) is 0 Å². The predicted molar refractivity (Wildman–Crippen MR) is 108 cm³/mol. The van der Waals surface area contributed by atoms with Gasteiger partial charge in [-0.15, -0.1) is 17.2 Å². The van der Waals surface area contributed by atoms with E-state index >= 15 is 0 Å². The van der Waals surface area contributed by atoms with Crippen LogP contribution in [0.2, 0.25) is 0 Å². The number of allylic oxidation sites excluding steroid dienone is 6. The van der Waals surface area contributed by atoms with Gasteiger partial charge in [-0.25, -0.2) is 0 Å². The molecule has 1 heteroatoms. The van der Waals surface area contributed by atoms with Gasteiger partial charge in [0.2, 0.25) is 0 Å². The average molecular weight is 373 g/mol. The van der Waals surface area contributed by atoms with Crippen molar-refractivity contribution < 1.29 is 21.7 Å². The van der Waals surface area contributed by atoms with Crippen molar-refractivity contribution in [1.82, 2.24) is 0 Å². The number of benzene rings is 2. The number of hydrogen-bond acceptors (Lipinski definition) is 0. The maximum Gasteiger partial charge on any atom is 3.00 e. The Balaban J connectivity index is 0.000000810. The van der Waals surface area contributed by atoms with Gasteiger partial charge in [0, 0.05) is 5.92 Å². The zero-order chi connectivity index (χ0) is 15.2. The summed E-state index contributed by atoms with van der Waals surface area (Å²) in [5, 5.41) is 0. The van der Waals surface area contributed by atoms with Crippen molar-refractivity contribution in [3.05, 3.63) is 109 Å². The van der Waals surface area contributed by atoms with Crippen molar-refractivity contribution >= 4 is 0 Å². The number of hydrogen-bond donors (Lipinski definition) is 0. The first-order valence-corrected chi connectivity index (χ1v) is 8.64. The molecule has 0 N–H and O–H groups in total. The first kappa shape index (κ1) is 20.7. The molecule has 3 aliphatic rings. The van der Waals surface area contributed by atoms with Crippen molar-refractivity contribution in [2.45, 2.75) is 31.6 Å². The smallest absolute Gasteiger partial charge is 0.358 e. The average Bonchev–Trinajstić information content (AvgIpc) is 3.32. The Kier molecular flexibility index (Phi) is 6.66. The standard InChI is InChI=1S/C23H19.2CH3.Ti/c1-2-8-16(7-1)17-13-14-18(15-17)23-21-11-5-3-9-19(21)20-10-4-6-12-22(20)23;;;/h3-6,9-14,23H,1-2,7-8H2;2*1H3;/q3*-1;+3. The zero-order valence-electron chi connectivity index (χ0n) is 15.7. The van der Waals surface area contributed by atoms with Crippen LogP contribution in [0, 0.1) is 20.9 Å². The Morgan fingerprint density at radius 2 is 1.27 bits per heavy atom. The molecule has 2 aromatic rings. The first-order chi connectivity index (χ1) is 11.4. The fourth-order valence-electron chi connectivity index (χ4n) is 4.35. The molecular formula is C25H25Ti. The van der Waals surface area contributed by atoms with Crippen LogP contribution >= 0.6 is 0 Å². The summed E-state index contributed by atoms with van der Waals surface area (Å²) in [6.07, 6.45) is 13.5. The van der Waals surface area contributed by atoms with Crippen LogP contribution in [0.25, 0.3) is 11.1 Å². The minimum atomic E-state index is 0. The normalized spacial score (nSPS) is 17.0. The Morgan fingerprint density at radius 1 is 0.731 bits per heavy atom. The molecule has 0 amide bonds. The summed E-state index contributed by atoms with van der Waals surface area (Å²) >= 11 is 0. The summed E-state index contributed by atoms with van der Waals surface area (Å²) in [6, 6.07) is 17.7. The minimum Gasteiger partial charge on any atom is -0.358 e. The van der Waals surface area contributed by atoms with Gasteiger partial charge in [0.25, 0.3) is 0 Å². The van der Waals surface area contributed by atoms with Gasteiger partial charge in [-0.2, -0.15) is 17.7 Å². The quantitative estimate of drug-likeness (QED) is 0.378. The second kappa shape index (κ2) is 8.38. The summed E-state index contributed by atoms with van der Waals surface area (Å²) in [7, 11) is 0. The van der Waals surface area contributed by atoms with Crippen LogP contribution < -0.4 is 0 Å². The Hall–Kier alpha value is -1.63. The van der Waals surface area contributed by atoms with E-state index in [-0.39, 0.29) is 36.6 Å². The van der Waals surface area contributed by atoms with Crippen molar-refractivity contribution in [3.8, 4) is 11.1 Å². The monoisotopic (exact) mass is 373 g/mol. The van der Waals surface area contributed by atoms with E-state index in [9.17, 15) is 0 Å². The van der Waals surface area contributed by atoms with Crippen LogP contribution in [0.15, 0.2) is 77.4 Å². The van der Waals surface area contributed by atoms with Gasteiger partial charge in [-0.1, -0.05) is 74.2 Å². The van der Waals surface area contributed by atoms with E-state index in [2.05, 4.69) is 66.8 Å². The molecule has 0 heterocycles. The fraction of sp³-hybridized carbons (Fsp3) is 0.200. The molecule has 1 saturated carbocycles. The second-order valence-corrected chi connectivity index (χ2v) is 6.75. The van der Waals surface area contributed by atoms with Gasteiger partial charge in [0.15, 0.2) is 0 Å². The van der Waals surface area contributed by atoms with E-state index < -0.39 is 0 Å². The zero-order valence-corrected chi connectivity index (χ0v) is 17.2. The molecule has 3 aliphatic carbocycles. The van der Waals surface area contributed by atoms with Crippen molar-refractivity contribution in [1.29, 1.82) is 0 Å². The predicted octanol–water partition coefficient (Wildman–Crippen LogP) is 6.87. The fourth-order valence-corrected chi connectivity index (χ4v) is 4.35. The molecule has 0 saturated heterocycles. The van der Waals surface area contributed by atoms with Crippen LogP contribution in [0.3, 0.4) is 0 Å². The van der Waals surface area contributed by atoms with Crippen molar-refractivity contribution in [3.63, 3.8) is 0 Å². The van der Waals surface area contributed by atoms with E-state index in [1.807, 2.05) is 0 Å². The minimum absolute atomic E-state index is 0. The van der Waals surface area contributed by atoms with E-state index in [0.29, 0.717) is 5.92 Å². The van der Waals surface area contributed by atoms with E-state index in [1.54, 1.807) is 5.57 Å². The summed E-state index contributed by atoms with van der Waals surface area (Å²) in [5.74, 6) is 0.346. The van der Waals surface area contributed by atoms with E-state index in [4.69, 9.17) is 0 Å². The van der Waals surface area contributed by atoms with Gasteiger partial charge < -0.3 is 14.9 Å². The third-order valence-electron chi connectivity index (χ3n) is 5.44.